The number of benzene rings is 1. The molecule has 1 fully saturated rings. The Labute approximate surface area is 160 Å². The van der Waals surface area contributed by atoms with Crippen molar-refractivity contribution in [1.29, 1.82) is 0 Å². The lowest BCUT2D eigenvalue weighted by Gasteiger charge is -2.40. The van der Waals surface area contributed by atoms with Gasteiger partial charge in [-0.25, -0.2) is 0 Å². The van der Waals surface area contributed by atoms with E-state index in [1.54, 1.807) is 11.3 Å². The van der Waals surface area contributed by atoms with Crippen LogP contribution in [0.1, 0.15) is 29.3 Å². The maximum Gasteiger partial charge on any atom is 0.220 e. The van der Waals surface area contributed by atoms with Crippen LogP contribution < -0.4 is 5.32 Å². The summed E-state index contributed by atoms with van der Waals surface area (Å²) in [5.41, 5.74) is 1.39. The van der Waals surface area contributed by atoms with E-state index in [0.717, 1.165) is 45.6 Å². The van der Waals surface area contributed by atoms with E-state index in [0.29, 0.717) is 12.5 Å². The highest BCUT2D eigenvalue weighted by Crippen LogP contribution is 2.24. The van der Waals surface area contributed by atoms with Gasteiger partial charge in [-0.05, 0) is 36.9 Å². The second kappa shape index (κ2) is 9.86. The van der Waals surface area contributed by atoms with Crippen molar-refractivity contribution in [2.24, 2.45) is 0 Å². The van der Waals surface area contributed by atoms with Crippen LogP contribution in [-0.2, 0) is 11.2 Å². The first-order valence-electron chi connectivity index (χ1n) is 9.49. The van der Waals surface area contributed by atoms with E-state index in [1.165, 1.54) is 10.4 Å². The third-order valence-corrected chi connectivity index (χ3v) is 5.94. The number of rotatable bonds is 8. The number of amides is 1. The molecule has 4 nitrogen and oxygen atoms in total. The Morgan fingerprint density at radius 3 is 2.81 bits per heavy atom. The van der Waals surface area contributed by atoms with Crippen molar-refractivity contribution in [3.05, 3.63) is 58.3 Å². The summed E-state index contributed by atoms with van der Waals surface area (Å²) in [6.45, 7) is 5.05. The predicted molar refractivity (Wildman–Crippen MR) is 109 cm³/mol. The van der Waals surface area contributed by atoms with Gasteiger partial charge in [-0.15, -0.1) is 11.3 Å². The second-order valence-electron chi connectivity index (χ2n) is 7.01. The molecule has 3 rings (SSSR count). The number of nitrogens with zero attached hydrogens (tertiary/aromatic N) is 2. The number of carbonyl (C=O) groups excluding carboxylic acids is 1. The first-order valence-corrected chi connectivity index (χ1v) is 10.4. The summed E-state index contributed by atoms with van der Waals surface area (Å²) < 4.78 is 0. The second-order valence-corrected chi connectivity index (χ2v) is 8.04. The highest BCUT2D eigenvalue weighted by atomic mass is 32.1. The highest BCUT2D eigenvalue weighted by Gasteiger charge is 2.25. The minimum Gasteiger partial charge on any atom is -0.356 e. The van der Waals surface area contributed by atoms with Crippen LogP contribution in [0.5, 0.6) is 0 Å². The van der Waals surface area contributed by atoms with Crippen molar-refractivity contribution in [3.8, 4) is 0 Å². The fourth-order valence-electron chi connectivity index (χ4n) is 3.51. The Bertz CT molecular complexity index is 659. The minimum atomic E-state index is 0.163. The fraction of sp³-hybridized carbons (Fsp3) is 0.476. The SMILES string of the molecule is CN1CCN(CCCNC(=O)CCc2cccs2)C(c2ccccc2)C1. The van der Waals surface area contributed by atoms with Crippen molar-refractivity contribution in [2.45, 2.75) is 25.3 Å². The lowest BCUT2D eigenvalue weighted by Crippen LogP contribution is -2.47. The summed E-state index contributed by atoms with van der Waals surface area (Å²) in [4.78, 5) is 18.2. The predicted octanol–water partition coefficient (Wildman–Crippen LogP) is 3.18. The molecule has 1 aliphatic heterocycles. The van der Waals surface area contributed by atoms with Gasteiger partial charge in [0.15, 0.2) is 0 Å². The zero-order chi connectivity index (χ0) is 18.2. The van der Waals surface area contributed by atoms with Crippen molar-refractivity contribution < 1.29 is 4.79 Å². The molecule has 2 aromatic rings. The minimum absolute atomic E-state index is 0.163. The molecular weight excluding hydrogens is 342 g/mol. The van der Waals surface area contributed by atoms with Crippen LogP contribution in [0, 0.1) is 0 Å². The van der Waals surface area contributed by atoms with Crippen molar-refractivity contribution in [3.63, 3.8) is 0 Å². The average molecular weight is 372 g/mol. The third kappa shape index (κ3) is 5.66. The number of nitrogens with one attached hydrogen (secondary N) is 1. The summed E-state index contributed by atoms with van der Waals surface area (Å²) >= 11 is 1.72. The third-order valence-electron chi connectivity index (χ3n) is 5.00. The standard InChI is InChI=1S/C21H29N3OS/c1-23-14-15-24(20(17-23)18-7-3-2-4-8-18)13-6-12-22-21(25)11-10-19-9-5-16-26-19/h2-5,7-9,16,20H,6,10-15,17H2,1H3,(H,22,25). The lowest BCUT2D eigenvalue weighted by atomic mass is 10.0. The van der Waals surface area contributed by atoms with Gasteiger partial charge in [0.25, 0.3) is 0 Å². The Morgan fingerprint density at radius 1 is 1.19 bits per heavy atom. The monoisotopic (exact) mass is 371 g/mol. The number of thiophene rings is 1. The van der Waals surface area contributed by atoms with Gasteiger partial charge < -0.3 is 10.2 Å². The molecular formula is C21H29N3OS. The number of hydrogen-bond donors (Lipinski definition) is 1. The van der Waals surface area contributed by atoms with Crippen LogP contribution in [-0.4, -0.2) is 55.5 Å². The van der Waals surface area contributed by atoms with E-state index >= 15 is 0 Å². The smallest absolute Gasteiger partial charge is 0.220 e. The Balaban J connectivity index is 1.40. The van der Waals surface area contributed by atoms with Gasteiger partial charge in [0.2, 0.25) is 5.91 Å². The Hall–Kier alpha value is -1.69. The van der Waals surface area contributed by atoms with Crippen molar-refractivity contribution in [1.82, 2.24) is 15.1 Å². The van der Waals surface area contributed by atoms with Crippen LogP contribution in [0.4, 0.5) is 0 Å². The Morgan fingerprint density at radius 2 is 2.04 bits per heavy atom. The summed E-state index contributed by atoms with van der Waals surface area (Å²) in [7, 11) is 2.20. The number of piperazine rings is 1. The number of likely N-dealkylation sites (N-methyl/N-ethyl adjacent to an activating group) is 1. The van der Waals surface area contributed by atoms with E-state index in [9.17, 15) is 4.79 Å². The molecule has 1 aromatic carbocycles. The van der Waals surface area contributed by atoms with Crippen LogP contribution in [0.2, 0.25) is 0 Å². The maximum atomic E-state index is 12.0. The highest BCUT2D eigenvalue weighted by molar-refractivity contribution is 7.09. The van der Waals surface area contributed by atoms with Gasteiger partial charge in [0, 0.05) is 50.1 Å². The van der Waals surface area contributed by atoms with E-state index < -0.39 is 0 Å². The molecule has 2 heterocycles. The quantitative estimate of drug-likeness (QED) is 0.724. The number of hydrogen-bond acceptors (Lipinski definition) is 4. The molecule has 0 saturated carbocycles. The van der Waals surface area contributed by atoms with E-state index in [1.807, 2.05) is 6.07 Å². The van der Waals surface area contributed by atoms with Gasteiger partial charge in [0.1, 0.15) is 0 Å². The topological polar surface area (TPSA) is 35.6 Å². The summed E-state index contributed by atoms with van der Waals surface area (Å²) in [6.07, 6.45) is 2.43. The molecule has 0 spiro atoms. The summed E-state index contributed by atoms with van der Waals surface area (Å²) in [5.74, 6) is 0.163. The molecule has 1 unspecified atom stereocenters. The van der Waals surface area contributed by atoms with Gasteiger partial charge in [-0.2, -0.15) is 0 Å². The van der Waals surface area contributed by atoms with Crippen molar-refractivity contribution in [2.75, 3.05) is 39.8 Å². The van der Waals surface area contributed by atoms with Gasteiger partial charge in [-0.1, -0.05) is 36.4 Å². The molecule has 26 heavy (non-hydrogen) atoms. The van der Waals surface area contributed by atoms with E-state index in [4.69, 9.17) is 0 Å². The van der Waals surface area contributed by atoms with Gasteiger partial charge in [0.05, 0.1) is 0 Å². The van der Waals surface area contributed by atoms with E-state index in [2.05, 4.69) is 63.9 Å². The van der Waals surface area contributed by atoms with E-state index in [-0.39, 0.29) is 5.91 Å². The lowest BCUT2D eigenvalue weighted by molar-refractivity contribution is -0.121. The molecule has 1 atom stereocenters. The zero-order valence-corrected chi connectivity index (χ0v) is 16.4. The van der Waals surface area contributed by atoms with Crippen LogP contribution in [0.15, 0.2) is 47.8 Å². The molecule has 1 saturated heterocycles. The van der Waals surface area contributed by atoms with Gasteiger partial charge in [-0.3, -0.25) is 9.69 Å². The molecule has 1 aromatic heterocycles. The first-order chi connectivity index (χ1) is 12.7. The summed E-state index contributed by atoms with van der Waals surface area (Å²) in [6, 6.07) is 15.3. The summed E-state index contributed by atoms with van der Waals surface area (Å²) in [5, 5.41) is 5.14. The Kier molecular flexibility index (Phi) is 7.23. The molecule has 1 N–H and O–H groups in total. The normalized spacial score (nSPS) is 18.7. The van der Waals surface area contributed by atoms with Crippen LogP contribution in [0.3, 0.4) is 0 Å². The largest absolute Gasteiger partial charge is 0.356 e. The van der Waals surface area contributed by atoms with Gasteiger partial charge >= 0.3 is 0 Å². The molecule has 1 amide bonds. The van der Waals surface area contributed by atoms with Crippen molar-refractivity contribution >= 4 is 17.2 Å². The number of aryl methyl sites for hydroxylation is 1. The molecule has 0 radical (unpaired) electrons. The molecule has 0 aliphatic carbocycles. The maximum absolute atomic E-state index is 12.0. The zero-order valence-electron chi connectivity index (χ0n) is 15.6. The van der Waals surface area contributed by atoms with Crippen LogP contribution >= 0.6 is 11.3 Å². The first kappa shape index (κ1) is 19.1. The number of carbonyl (C=O) groups is 1. The molecule has 5 heteroatoms. The fourth-order valence-corrected chi connectivity index (χ4v) is 4.21. The van der Waals surface area contributed by atoms with Crippen LogP contribution in [0.25, 0.3) is 0 Å². The molecule has 0 bridgehead atoms. The molecule has 140 valence electrons. The average Bonchev–Trinajstić information content (AvgIpc) is 3.19. The molecule has 1 aliphatic rings.